The van der Waals surface area contributed by atoms with Crippen molar-refractivity contribution < 1.29 is 4.74 Å². The fourth-order valence-electron chi connectivity index (χ4n) is 1.60. The summed E-state index contributed by atoms with van der Waals surface area (Å²) < 4.78 is 5.67. The maximum absolute atomic E-state index is 5.67. The zero-order valence-corrected chi connectivity index (χ0v) is 6.99. The molecule has 0 fully saturated rings. The molecule has 0 radical (unpaired) electrons. The van der Waals surface area contributed by atoms with E-state index in [1.165, 1.54) is 5.56 Å². The normalized spacial score (nSPS) is 20.2. The molecule has 1 atom stereocenters. The van der Waals surface area contributed by atoms with Gasteiger partial charge in [-0.1, -0.05) is 18.2 Å². The van der Waals surface area contributed by atoms with Crippen LogP contribution in [0.5, 0.6) is 5.75 Å². The summed E-state index contributed by atoms with van der Waals surface area (Å²) in [7, 11) is 0. The summed E-state index contributed by atoms with van der Waals surface area (Å²) >= 11 is 0. The molecule has 0 saturated carbocycles. The lowest BCUT2D eigenvalue weighted by Gasteiger charge is -2.07. The average molecular weight is 163 g/mol. The van der Waals surface area contributed by atoms with Crippen molar-refractivity contribution in [2.75, 3.05) is 6.54 Å². The Morgan fingerprint density at radius 3 is 3.00 bits per heavy atom. The van der Waals surface area contributed by atoms with E-state index in [1.54, 1.807) is 0 Å². The first-order valence-electron chi connectivity index (χ1n) is 4.35. The molecule has 0 saturated heterocycles. The van der Waals surface area contributed by atoms with E-state index < -0.39 is 0 Å². The molecule has 0 unspecified atom stereocenters. The fraction of sp³-hybridized carbons (Fsp3) is 0.400. The van der Waals surface area contributed by atoms with Crippen LogP contribution in [-0.4, -0.2) is 12.6 Å². The molecule has 0 bridgehead atoms. The number of benzene rings is 1. The third-order valence-electron chi connectivity index (χ3n) is 2.20. The van der Waals surface area contributed by atoms with Crippen LogP contribution in [-0.2, 0) is 6.42 Å². The van der Waals surface area contributed by atoms with Crippen LogP contribution < -0.4 is 10.5 Å². The van der Waals surface area contributed by atoms with E-state index in [4.69, 9.17) is 10.5 Å². The molecular formula is C10H13NO. The van der Waals surface area contributed by atoms with Crippen molar-refractivity contribution in [2.45, 2.75) is 18.9 Å². The molecule has 2 heteroatoms. The molecule has 1 aromatic carbocycles. The Labute approximate surface area is 72.3 Å². The highest BCUT2D eigenvalue weighted by molar-refractivity contribution is 5.37. The number of hydrogen-bond acceptors (Lipinski definition) is 2. The monoisotopic (exact) mass is 163 g/mol. The van der Waals surface area contributed by atoms with E-state index >= 15 is 0 Å². The Balaban J connectivity index is 2.11. The minimum atomic E-state index is 0.312. The van der Waals surface area contributed by atoms with Crippen molar-refractivity contribution in [3.63, 3.8) is 0 Å². The van der Waals surface area contributed by atoms with Crippen molar-refractivity contribution in [2.24, 2.45) is 5.73 Å². The predicted molar refractivity (Wildman–Crippen MR) is 48.2 cm³/mol. The van der Waals surface area contributed by atoms with Gasteiger partial charge in [-0.3, -0.25) is 0 Å². The Morgan fingerprint density at radius 1 is 1.42 bits per heavy atom. The standard InChI is InChI=1S/C10H13NO/c11-6-5-9-7-8-3-1-2-4-10(8)12-9/h1-4,9H,5-7,11H2/t9-/m0/s1. The minimum absolute atomic E-state index is 0.312. The fourth-order valence-corrected chi connectivity index (χ4v) is 1.60. The van der Waals surface area contributed by atoms with E-state index in [0.29, 0.717) is 12.6 Å². The van der Waals surface area contributed by atoms with Gasteiger partial charge in [0.1, 0.15) is 11.9 Å². The number of ether oxygens (including phenoxy) is 1. The lowest BCUT2D eigenvalue weighted by atomic mass is 10.1. The quantitative estimate of drug-likeness (QED) is 0.714. The molecule has 0 amide bonds. The molecule has 2 nitrogen and oxygen atoms in total. The summed E-state index contributed by atoms with van der Waals surface area (Å²) in [4.78, 5) is 0. The molecule has 2 rings (SSSR count). The summed E-state index contributed by atoms with van der Waals surface area (Å²) in [5, 5.41) is 0. The second-order valence-corrected chi connectivity index (χ2v) is 3.13. The SMILES string of the molecule is NCC[C@H]1Cc2ccccc2O1. The van der Waals surface area contributed by atoms with Crippen LogP contribution in [0.4, 0.5) is 0 Å². The first-order chi connectivity index (χ1) is 5.90. The van der Waals surface area contributed by atoms with E-state index in [0.717, 1.165) is 18.6 Å². The Kier molecular flexibility index (Phi) is 2.00. The summed E-state index contributed by atoms with van der Waals surface area (Å²) in [6.07, 6.45) is 2.29. The van der Waals surface area contributed by atoms with Crippen molar-refractivity contribution >= 4 is 0 Å². The van der Waals surface area contributed by atoms with Gasteiger partial charge >= 0.3 is 0 Å². The molecule has 64 valence electrons. The van der Waals surface area contributed by atoms with Crippen LogP contribution in [0.3, 0.4) is 0 Å². The highest BCUT2D eigenvalue weighted by Gasteiger charge is 2.20. The van der Waals surface area contributed by atoms with E-state index in [2.05, 4.69) is 6.07 Å². The molecule has 1 aliphatic heterocycles. The molecular weight excluding hydrogens is 150 g/mol. The van der Waals surface area contributed by atoms with Gasteiger partial charge in [-0.05, 0) is 24.6 Å². The molecule has 2 N–H and O–H groups in total. The summed E-state index contributed by atoms with van der Waals surface area (Å²) in [5.41, 5.74) is 6.78. The maximum atomic E-state index is 5.67. The molecule has 12 heavy (non-hydrogen) atoms. The summed E-state index contributed by atoms with van der Waals surface area (Å²) in [6.45, 7) is 0.707. The zero-order chi connectivity index (χ0) is 8.39. The van der Waals surface area contributed by atoms with E-state index in [-0.39, 0.29) is 0 Å². The topological polar surface area (TPSA) is 35.2 Å². The van der Waals surface area contributed by atoms with E-state index in [9.17, 15) is 0 Å². The Bertz CT molecular complexity index is 247. The number of rotatable bonds is 2. The first-order valence-corrected chi connectivity index (χ1v) is 4.35. The van der Waals surface area contributed by atoms with Gasteiger partial charge in [-0.15, -0.1) is 0 Å². The molecule has 0 aromatic heterocycles. The smallest absolute Gasteiger partial charge is 0.123 e. The van der Waals surface area contributed by atoms with Crippen LogP contribution >= 0.6 is 0 Å². The number of fused-ring (bicyclic) bond motifs is 1. The molecule has 1 aromatic rings. The zero-order valence-electron chi connectivity index (χ0n) is 6.99. The van der Waals surface area contributed by atoms with Gasteiger partial charge in [-0.2, -0.15) is 0 Å². The highest BCUT2D eigenvalue weighted by Crippen LogP contribution is 2.28. The predicted octanol–water partition coefficient (Wildman–Crippen LogP) is 1.34. The number of nitrogens with two attached hydrogens (primary N) is 1. The highest BCUT2D eigenvalue weighted by atomic mass is 16.5. The average Bonchev–Trinajstić information content (AvgIpc) is 2.47. The largest absolute Gasteiger partial charge is 0.490 e. The van der Waals surface area contributed by atoms with Crippen LogP contribution in [0.1, 0.15) is 12.0 Å². The molecule has 1 aliphatic rings. The van der Waals surface area contributed by atoms with Crippen molar-refractivity contribution in [1.29, 1.82) is 0 Å². The van der Waals surface area contributed by atoms with Crippen LogP contribution in [0.2, 0.25) is 0 Å². The maximum Gasteiger partial charge on any atom is 0.123 e. The van der Waals surface area contributed by atoms with Gasteiger partial charge in [0.25, 0.3) is 0 Å². The second-order valence-electron chi connectivity index (χ2n) is 3.13. The summed E-state index contributed by atoms with van der Waals surface area (Å²) in [5.74, 6) is 1.04. The third-order valence-corrected chi connectivity index (χ3v) is 2.20. The summed E-state index contributed by atoms with van der Waals surface area (Å²) in [6, 6.07) is 8.19. The van der Waals surface area contributed by atoms with Crippen LogP contribution in [0.25, 0.3) is 0 Å². The lowest BCUT2D eigenvalue weighted by molar-refractivity contribution is 0.224. The number of para-hydroxylation sites is 1. The van der Waals surface area contributed by atoms with Gasteiger partial charge in [-0.25, -0.2) is 0 Å². The second kappa shape index (κ2) is 3.15. The van der Waals surface area contributed by atoms with E-state index in [1.807, 2.05) is 18.2 Å². The van der Waals surface area contributed by atoms with Crippen molar-refractivity contribution in [3.05, 3.63) is 29.8 Å². The Hall–Kier alpha value is -1.02. The van der Waals surface area contributed by atoms with Crippen LogP contribution in [0, 0.1) is 0 Å². The molecule has 0 spiro atoms. The van der Waals surface area contributed by atoms with Gasteiger partial charge in [0.05, 0.1) is 0 Å². The third kappa shape index (κ3) is 1.30. The number of hydrogen-bond donors (Lipinski definition) is 1. The molecule has 0 aliphatic carbocycles. The first kappa shape index (κ1) is 7.62. The van der Waals surface area contributed by atoms with Gasteiger partial charge in [0, 0.05) is 6.42 Å². The lowest BCUT2D eigenvalue weighted by Crippen LogP contribution is -2.17. The van der Waals surface area contributed by atoms with Crippen molar-refractivity contribution in [3.8, 4) is 5.75 Å². The Morgan fingerprint density at radius 2 is 2.25 bits per heavy atom. The van der Waals surface area contributed by atoms with Crippen LogP contribution in [0.15, 0.2) is 24.3 Å². The van der Waals surface area contributed by atoms with Crippen molar-refractivity contribution in [1.82, 2.24) is 0 Å². The van der Waals surface area contributed by atoms with Gasteiger partial charge in [0.2, 0.25) is 0 Å². The minimum Gasteiger partial charge on any atom is -0.490 e. The molecule has 1 heterocycles. The van der Waals surface area contributed by atoms with Gasteiger partial charge < -0.3 is 10.5 Å². The van der Waals surface area contributed by atoms with Gasteiger partial charge in [0.15, 0.2) is 0 Å².